The molecule has 0 N–H and O–H groups in total. The average molecular weight is 148 g/mol. The number of hydrogen-bond acceptors (Lipinski definition) is 0. The molecule has 0 heterocycles. The van der Waals surface area contributed by atoms with Gasteiger partial charge in [0.1, 0.15) is 0 Å². The van der Waals surface area contributed by atoms with E-state index in [-0.39, 0.29) is 0 Å². The molecule has 0 aromatic rings. The smallest absolute Gasteiger partial charge is 0.0361 e. The standard InChI is InChI=1S/C9H10.C2H6/c1-8-4-3-5-9(2)7-6-8;1-2/h4,6-7,9H,1-2H3;1-2H3. The van der Waals surface area contributed by atoms with E-state index in [2.05, 4.69) is 37.8 Å². The molecule has 1 aliphatic rings. The van der Waals surface area contributed by atoms with Crippen LogP contribution in [0, 0.1) is 17.8 Å². The molecular formula is C11H16. The third-order valence-corrected chi connectivity index (χ3v) is 1.26. The van der Waals surface area contributed by atoms with E-state index in [1.165, 1.54) is 5.57 Å². The Balaban J connectivity index is 0.000000461. The van der Waals surface area contributed by atoms with Crippen molar-refractivity contribution in [2.24, 2.45) is 5.92 Å². The maximum atomic E-state index is 3.06. The third kappa shape index (κ3) is 4.44. The van der Waals surface area contributed by atoms with Gasteiger partial charge < -0.3 is 0 Å². The maximum Gasteiger partial charge on any atom is 0.0361 e. The molecule has 0 aromatic heterocycles. The molecule has 0 bridgehead atoms. The fraction of sp³-hybridized carbons (Fsp3) is 0.455. The SMILES string of the molecule is CC.CC1=CC#CC(C)C=C1. The highest BCUT2D eigenvalue weighted by Crippen LogP contribution is 2.03. The van der Waals surface area contributed by atoms with Gasteiger partial charge in [-0.25, -0.2) is 0 Å². The van der Waals surface area contributed by atoms with Gasteiger partial charge in [-0.3, -0.25) is 0 Å². The second-order valence-corrected chi connectivity index (χ2v) is 2.32. The normalized spacial score (nSPS) is 20.0. The number of allylic oxidation sites excluding steroid dienone is 4. The average Bonchev–Trinajstić information content (AvgIpc) is 2.20. The van der Waals surface area contributed by atoms with Crippen molar-refractivity contribution < 1.29 is 0 Å². The van der Waals surface area contributed by atoms with E-state index in [4.69, 9.17) is 0 Å². The lowest BCUT2D eigenvalue weighted by atomic mass is 10.2. The summed E-state index contributed by atoms with van der Waals surface area (Å²) in [6.45, 7) is 8.15. The van der Waals surface area contributed by atoms with Gasteiger partial charge in [-0.2, -0.15) is 0 Å². The van der Waals surface area contributed by atoms with Crippen molar-refractivity contribution in [2.75, 3.05) is 0 Å². The van der Waals surface area contributed by atoms with Crippen LogP contribution in [0.3, 0.4) is 0 Å². The lowest BCUT2D eigenvalue weighted by Gasteiger charge is -1.88. The predicted octanol–water partition coefficient (Wildman–Crippen LogP) is 3.17. The van der Waals surface area contributed by atoms with Crippen LogP contribution >= 0.6 is 0 Å². The summed E-state index contributed by atoms with van der Waals surface area (Å²) in [6, 6.07) is 0. The van der Waals surface area contributed by atoms with Crippen molar-refractivity contribution >= 4 is 0 Å². The monoisotopic (exact) mass is 148 g/mol. The van der Waals surface area contributed by atoms with Gasteiger partial charge in [0.15, 0.2) is 0 Å². The highest BCUT2D eigenvalue weighted by Gasteiger charge is 1.90. The van der Waals surface area contributed by atoms with E-state index >= 15 is 0 Å². The largest absolute Gasteiger partial charge is 0.0912 e. The second kappa shape index (κ2) is 5.80. The van der Waals surface area contributed by atoms with Crippen LogP contribution in [0.15, 0.2) is 23.8 Å². The van der Waals surface area contributed by atoms with Crippen molar-refractivity contribution in [3.63, 3.8) is 0 Å². The number of hydrogen-bond donors (Lipinski definition) is 0. The van der Waals surface area contributed by atoms with Crippen molar-refractivity contribution in [2.45, 2.75) is 27.7 Å². The summed E-state index contributed by atoms with van der Waals surface area (Å²) in [7, 11) is 0. The molecule has 0 fully saturated rings. The summed E-state index contributed by atoms with van der Waals surface area (Å²) in [6.07, 6.45) is 6.16. The molecule has 11 heavy (non-hydrogen) atoms. The van der Waals surface area contributed by atoms with E-state index in [0.717, 1.165) is 0 Å². The van der Waals surface area contributed by atoms with Crippen LogP contribution in [-0.2, 0) is 0 Å². The molecule has 0 aromatic carbocycles. The van der Waals surface area contributed by atoms with Crippen LogP contribution in [0.4, 0.5) is 0 Å². The summed E-state index contributed by atoms with van der Waals surface area (Å²) >= 11 is 0. The van der Waals surface area contributed by atoms with E-state index in [1.807, 2.05) is 19.9 Å². The molecule has 0 heteroatoms. The van der Waals surface area contributed by atoms with E-state index < -0.39 is 0 Å². The first-order valence-corrected chi connectivity index (χ1v) is 4.15. The van der Waals surface area contributed by atoms with Crippen molar-refractivity contribution in [1.29, 1.82) is 0 Å². The van der Waals surface area contributed by atoms with Gasteiger partial charge in [0, 0.05) is 5.92 Å². The minimum Gasteiger partial charge on any atom is -0.0912 e. The van der Waals surface area contributed by atoms with Crippen molar-refractivity contribution in [1.82, 2.24) is 0 Å². The molecule has 1 unspecified atom stereocenters. The van der Waals surface area contributed by atoms with Gasteiger partial charge in [0.05, 0.1) is 0 Å². The van der Waals surface area contributed by atoms with Crippen LogP contribution in [0.2, 0.25) is 0 Å². The summed E-state index contributed by atoms with van der Waals surface area (Å²) in [4.78, 5) is 0. The minimum atomic E-state index is 0.415. The number of rotatable bonds is 0. The Hall–Kier alpha value is -0.960. The Bertz CT molecular complexity index is 208. The molecule has 1 rings (SSSR count). The van der Waals surface area contributed by atoms with E-state index in [1.54, 1.807) is 0 Å². The molecule has 1 atom stereocenters. The zero-order valence-electron chi connectivity index (χ0n) is 7.81. The van der Waals surface area contributed by atoms with Crippen LogP contribution in [0.5, 0.6) is 0 Å². The molecule has 0 nitrogen and oxygen atoms in total. The maximum absolute atomic E-state index is 3.06. The van der Waals surface area contributed by atoms with Crippen molar-refractivity contribution in [3.05, 3.63) is 23.8 Å². The Morgan fingerprint density at radius 3 is 2.64 bits per heavy atom. The fourth-order valence-corrected chi connectivity index (χ4v) is 0.679. The van der Waals surface area contributed by atoms with Gasteiger partial charge in [0.2, 0.25) is 0 Å². The molecule has 0 amide bonds. The molecule has 0 spiro atoms. The van der Waals surface area contributed by atoms with Gasteiger partial charge in [-0.15, -0.1) is 0 Å². The Kier molecular flexibility index (Phi) is 5.29. The Labute approximate surface area is 70.0 Å². The molecule has 1 aliphatic carbocycles. The Morgan fingerprint density at radius 2 is 2.00 bits per heavy atom. The molecule has 0 aliphatic heterocycles. The highest BCUT2D eigenvalue weighted by molar-refractivity contribution is 5.32. The lowest BCUT2D eigenvalue weighted by molar-refractivity contribution is 0.981. The quantitative estimate of drug-likeness (QED) is 0.463. The summed E-state index contributed by atoms with van der Waals surface area (Å²) in [5, 5.41) is 0. The summed E-state index contributed by atoms with van der Waals surface area (Å²) in [5.41, 5.74) is 1.24. The van der Waals surface area contributed by atoms with Gasteiger partial charge in [0.25, 0.3) is 0 Å². The van der Waals surface area contributed by atoms with E-state index in [0.29, 0.717) is 5.92 Å². The molecule has 0 saturated heterocycles. The molecular weight excluding hydrogens is 132 g/mol. The van der Waals surface area contributed by atoms with Crippen LogP contribution in [0.25, 0.3) is 0 Å². The first-order chi connectivity index (χ1) is 5.29. The van der Waals surface area contributed by atoms with Crippen LogP contribution in [-0.4, -0.2) is 0 Å². The van der Waals surface area contributed by atoms with Gasteiger partial charge >= 0.3 is 0 Å². The highest BCUT2D eigenvalue weighted by atomic mass is 13.9. The zero-order valence-corrected chi connectivity index (χ0v) is 7.81. The predicted molar refractivity (Wildman–Crippen MR) is 51.2 cm³/mol. The zero-order chi connectivity index (χ0) is 8.69. The van der Waals surface area contributed by atoms with Gasteiger partial charge in [-0.05, 0) is 25.5 Å². The third-order valence-electron chi connectivity index (χ3n) is 1.26. The van der Waals surface area contributed by atoms with Crippen molar-refractivity contribution in [3.8, 4) is 11.8 Å². The molecule has 0 saturated carbocycles. The lowest BCUT2D eigenvalue weighted by Crippen LogP contribution is -1.79. The second-order valence-electron chi connectivity index (χ2n) is 2.32. The minimum absolute atomic E-state index is 0.415. The molecule has 60 valence electrons. The van der Waals surface area contributed by atoms with Crippen LogP contribution in [0.1, 0.15) is 27.7 Å². The first kappa shape index (κ1) is 10.0. The summed E-state index contributed by atoms with van der Waals surface area (Å²) < 4.78 is 0. The van der Waals surface area contributed by atoms with E-state index in [9.17, 15) is 0 Å². The summed E-state index contributed by atoms with van der Waals surface area (Å²) in [5.74, 6) is 6.45. The van der Waals surface area contributed by atoms with Crippen LogP contribution < -0.4 is 0 Å². The fourth-order valence-electron chi connectivity index (χ4n) is 0.679. The van der Waals surface area contributed by atoms with Gasteiger partial charge in [-0.1, -0.05) is 37.8 Å². The topological polar surface area (TPSA) is 0 Å². The first-order valence-electron chi connectivity index (χ1n) is 4.15. The Morgan fingerprint density at radius 1 is 1.36 bits per heavy atom. The molecule has 0 radical (unpaired) electrons.